The molecule has 0 aliphatic carbocycles. The number of unbranched alkanes of at least 4 members (excludes halogenated alkanes) is 1. The molecule has 100 valence electrons. The molecule has 2 aromatic rings. The minimum atomic E-state index is 0.383. The van der Waals surface area contributed by atoms with E-state index in [0.29, 0.717) is 26.7 Å². The molecule has 0 amide bonds. The monoisotopic (exact) mass is 314 g/mol. The normalized spacial score (nSPS) is 10.7. The highest BCUT2D eigenvalue weighted by Gasteiger charge is 2.13. The third-order valence-electron chi connectivity index (χ3n) is 2.75. The maximum atomic E-state index is 6.22. The van der Waals surface area contributed by atoms with Crippen molar-refractivity contribution in [1.82, 2.24) is 9.97 Å². The van der Waals surface area contributed by atoms with Gasteiger partial charge in [-0.15, -0.1) is 0 Å². The summed E-state index contributed by atoms with van der Waals surface area (Å²) in [5.41, 5.74) is 1.52. The van der Waals surface area contributed by atoms with Crippen molar-refractivity contribution in [3.8, 4) is 11.1 Å². The number of halogens is 3. The molecule has 0 saturated heterocycles. The largest absolute Gasteiger partial charge is 0.220 e. The lowest BCUT2D eigenvalue weighted by Crippen LogP contribution is -1.98. The highest BCUT2D eigenvalue weighted by molar-refractivity contribution is 6.37. The minimum absolute atomic E-state index is 0.383. The zero-order valence-corrected chi connectivity index (χ0v) is 12.7. The van der Waals surface area contributed by atoms with E-state index in [1.807, 2.05) is 12.1 Å². The van der Waals surface area contributed by atoms with Gasteiger partial charge in [0.1, 0.15) is 16.1 Å². The van der Waals surface area contributed by atoms with Crippen LogP contribution in [0.2, 0.25) is 15.3 Å². The second-order valence-electron chi connectivity index (χ2n) is 4.21. The predicted molar refractivity (Wildman–Crippen MR) is 81.1 cm³/mol. The molecule has 1 aromatic heterocycles. The number of hydrogen-bond donors (Lipinski definition) is 0. The van der Waals surface area contributed by atoms with Gasteiger partial charge in [-0.05, 0) is 24.1 Å². The Kier molecular flexibility index (Phi) is 5.03. The van der Waals surface area contributed by atoms with Crippen LogP contribution >= 0.6 is 34.8 Å². The van der Waals surface area contributed by atoms with E-state index in [1.54, 1.807) is 12.1 Å². The maximum absolute atomic E-state index is 6.22. The minimum Gasteiger partial charge on any atom is -0.220 e. The molecular weight excluding hydrogens is 303 g/mol. The van der Waals surface area contributed by atoms with E-state index in [4.69, 9.17) is 34.8 Å². The van der Waals surface area contributed by atoms with Gasteiger partial charge < -0.3 is 0 Å². The summed E-state index contributed by atoms with van der Waals surface area (Å²) in [6.45, 7) is 2.12. The first-order valence-electron chi connectivity index (χ1n) is 6.09. The van der Waals surface area contributed by atoms with Gasteiger partial charge in [-0.2, -0.15) is 0 Å². The van der Waals surface area contributed by atoms with Gasteiger partial charge in [0.2, 0.25) is 0 Å². The van der Waals surface area contributed by atoms with Crippen LogP contribution < -0.4 is 0 Å². The fourth-order valence-corrected chi connectivity index (χ4v) is 2.52. The number of aryl methyl sites for hydroxylation is 1. The molecule has 1 heterocycles. The first-order valence-corrected chi connectivity index (χ1v) is 7.23. The molecular formula is C14H13Cl3N2. The number of benzene rings is 1. The van der Waals surface area contributed by atoms with E-state index in [-0.39, 0.29) is 0 Å². The fourth-order valence-electron chi connectivity index (χ4n) is 1.75. The van der Waals surface area contributed by atoms with E-state index >= 15 is 0 Å². The smallest absolute Gasteiger partial charge is 0.142 e. The molecule has 0 bridgehead atoms. The standard InChI is InChI=1S/C14H13Cl3N2/c1-2-3-4-11-18-13(16)12(14(17)19-11)9-5-7-10(15)8-6-9/h5-8H,2-4H2,1H3. The lowest BCUT2D eigenvalue weighted by Gasteiger charge is -2.08. The number of hydrogen-bond acceptors (Lipinski definition) is 2. The maximum Gasteiger partial charge on any atom is 0.142 e. The van der Waals surface area contributed by atoms with Gasteiger partial charge in [0.25, 0.3) is 0 Å². The van der Waals surface area contributed by atoms with Gasteiger partial charge in [0.15, 0.2) is 0 Å². The zero-order chi connectivity index (χ0) is 13.8. The molecule has 0 aliphatic rings. The van der Waals surface area contributed by atoms with Crippen LogP contribution in [-0.4, -0.2) is 9.97 Å². The van der Waals surface area contributed by atoms with Crippen LogP contribution in [-0.2, 0) is 6.42 Å². The van der Waals surface area contributed by atoms with Crippen molar-refractivity contribution in [1.29, 1.82) is 0 Å². The molecule has 0 unspecified atom stereocenters. The molecule has 0 aliphatic heterocycles. The summed E-state index contributed by atoms with van der Waals surface area (Å²) in [5.74, 6) is 0.689. The molecule has 2 rings (SSSR count). The number of aromatic nitrogens is 2. The molecule has 0 radical (unpaired) electrons. The fraction of sp³-hybridized carbons (Fsp3) is 0.286. The highest BCUT2D eigenvalue weighted by atomic mass is 35.5. The van der Waals surface area contributed by atoms with Crippen LogP contribution in [0.4, 0.5) is 0 Å². The predicted octanol–water partition coefficient (Wildman–Crippen LogP) is 5.45. The molecule has 5 heteroatoms. The van der Waals surface area contributed by atoms with Crippen molar-refractivity contribution in [2.24, 2.45) is 0 Å². The quantitative estimate of drug-likeness (QED) is 0.701. The summed E-state index contributed by atoms with van der Waals surface area (Å²) in [7, 11) is 0. The average Bonchev–Trinajstić information content (AvgIpc) is 2.38. The van der Waals surface area contributed by atoms with Crippen LogP contribution in [0.15, 0.2) is 24.3 Å². The highest BCUT2D eigenvalue weighted by Crippen LogP contribution is 2.33. The van der Waals surface area contributed by atoms with E-state index in [2.05, 4.69) is 16.9 Å². The Morgan fingerprint density at radius 1 is 0.947 bits per heavy atom. The van der Waals surface area contributed by atoms with E-state index < -0.39 is 0 Å². The van der Waals surface area contributed by atoms with Crippen LogP contribution in [0.25, 0.3) is 11.1 Å². The third-order valence-corrected chi connectivity index (χ3v) is 3.55. The summed E-state index contributed by atoms with van der Waals surface area (Å²) in [5, 5.41) is 1.43. The average molecular weight is 316 g/mol. The van der Waals surface area contributed by atoms with Crippen molar-refractivity contribution >= 4 is 34.8 Å². The van der Waals surface area contributed by atoms with Crippen LogP contribution in [0.3, 0.4) is 0 Å². The zero-order valence-electron chi connectivity index (χ0n) is 10.5. The van der Waals surface area contributed by atoms with Crippen molar-refractivity contribution in [3.63, 3.8) is 0 Å². The van der Waals surface area contributed by atoms with Gasteiger partial charge in [-0.25, -0.2) is 9.97 Å². The van der Waals surface area contributed by atoms with Crippen LogP contribution in [0.1, 0.15) is 25.6 Å². The summed E-state index contributed by atoms with van der Waals surface area (Å²) < 4.78 is 0. The van der Waals surface area contributed by atoms with Crippen molar-refractivity contribution in [2.75, 3.05) is 0 Å². The van der Waals surface area contributed by atoms with Crippen LogP contribution in [0, 0.1) is 0 Å². The van der Waals surface area contributed by atoms with Gasteiger partial charge in [-0.3, -0.25) is 0 Å². The lowest BCUT2D eigenvalue weighted by molar-refractivity contribution is 0.753. The van der Waals surface area contributed by atoms with E-state index in [1.165, 1.54) is 0 Å². The summed E-state index contributed by atoms with van der Waals surface area (Å²) in [6, 6.07) is 7.28. The Hall–Kier alpha value is -0.830. The first kappa shape index (κ1) is 14.6. The Balaban J connectivity index is 2.38. The van der Waals surface area contributed by atoms with Crippen LogP contribution in [0.5, 0.6) is 0 Å². The Bertz CT molecular complexity index is 544. The Morgan fingerprint density at radius 3 is 2.05 bits per heavy atom. The van der Waals surface area contributed by atoms with Crippen molar-refractivity contribution in [3.05, 3.63) is 45.4 Å². The molecule has 2 nitrogen and oxygen atoms in total. The van der Waals surface area contributed by atoms with E-state index in [9.17, 15) is 0 Å². The summed E-state index contributed by atoms with van der Waals surface area (Å²) in [4.78, 5) is 8.61. The number of rotatable bonds is 4. The Morgan fingerprint density at radius 2 is 1.53 bits per heavy atom. The van der Waals surface area contributed by atoms with Gasteiger partial charge in [0, 0.05) is 11.4 Å². The molecule has 0 saturated carbocycles. The number of nitrogens with zero attached hydrogens (tertiary/aromatic N) is 2. The van der Waals surface area contributed by atoms with Crippen molar-refractivity contribution in [2.45, 2.75) is 26.2 Å². The van der Waals surface area contributed by atoms with Gasteiger partial charge >= 0.3 is 0 Å². The lowest BCUT2D eigenvalue weighted by atomic mass is 10.1. The second kappa shape index (κ2) is 6.56. The van der Waals surface area contributed by atoms with Crippen molar-refractivity contribution < 1.29 is 0 Å². The molecule has 1 aromatic carbocycles. The topological polar surface area (TPSA) is 25.8 Å². The molecule has 0 spiro atoms. The Labute approximate surface area is 127 Å². The van der Waals surface area contributed by atoms with Gasteiger partial charge in [0.05, 0.1) is 5.56 Å². The second-order valence-corrected chi connectivity index (χ2v) is 5.36. The third kappa shape index (κ3) is 3.59. The SMILES string of the molecule is CCCCc1nc(Cl)c(-c2ccc(Cl)cc2)c(Cl)n1. The van der Waals surface area contributed by atoms with Gasteiger partial charge in [-0.1, -0.05) is 60.3 Å². The summed E-state index contributed by atoms with van der Waals surface area (Å²) in [6.07, 6.45) is 2.89. The molecule has 0 N–H and O–H groups in total. The van der Waals surface area contributed by atoms with E-state index in [0.717, 1.165) is 24.8 Å². The molecule has 19 heavy (non-hydrogen) atoms. The molecule has 0 fully saturated rings. The molecule has 0 atom stereocenters. The first-order chi connectivity index (χ1) is 9.11. The summed E-state index contributed by atoms with van der Waals surface area (Å²) >= 11 is 18.3.